The molecule has 2 aliphatic carbocycles. The molecule has 0 saturated heterocycles. The van der Waals surface area contributed by atoms with Gasteiger partial charge < -0.3 is 5.11 Å². The molecule has 0 spiro atoms. The van der Waals surface area contributed by atoms with Crippen molar-refractivity contribution in [2.75, 3.05) is 0 Å². The van der Waals surface area contributed by atoms with Crippen molar-refractivity contribution in [3.63, 3.8) is 0 Å². The van der Waals surface area contributed by atoms with E-state index in [2.05, 4.69) is 6.92 Å². The molecule has 2 fully saturated rings. The second-order valence-electron chi connectivity index (χ2n) is 6.85. The van der Waals surface area contributed by atoms with Gasteiger partial charge in [0, 0.05) is 0 Å². The van der Waals surface area contributed by atoms with Crippen LogP contribution < -0.4 is 0 Å². The van der Waals surface area contributed by atoms with Gasteiger partial charge in [-0.15, -0.1) is 0 Å². The van der Waals surface area contributed by atoms with E-state index in [0.29, 0.717) is 0 Å². The van der Waals surface area contributed by atoms with Crippen molar-refractivity contribution in [1.82, 2.24) is 0 Å². The van der Waals surface area contributed by atoms with Gasteiger partial charge in [-0.3, -0.25) is 0 Å². The van der Waals surface area contributed by atoms with Crippen molar-refractivity contribution in [2.24, 2.45) is 17.8 Å². The maximum absolute atomic E-state index is 9.59. The molecular formula is C17H32O. The standard InChI is InChI=1S/C17H32O/c1-2-3-4-5-14-6-8-15(9-7-14)16-10-12-17(18)13-11-16/h14-18H,2-13H2,1H3. The van der Waals surface area contributed by atoms with E-state index in [0.717, 1.165) is 30.6 Å². The first-order valence-corrected chi connectivity index (χ1v) is 8.47. The molecule has 0 bridgehead atoms. The van der Waals surface area contributed by atoms with Gasteiger partial charge in [-0.05, 0) is 56.3 Å². The summed E-state index contributed by atoms with van der Waals surface area (Å²) in [5.41, 5.74) is 0. The summed E-state index contributed by atoms with van der Waals surface area (Å²) < 4.78 is 0. The third-order valence-corrected chi connectivity index (χ3v) is 5.52. The minimum absolute atomic E-state index is 0.0200. The molecule has 18 heavy (non-hydrogen) atoms. The van der Waals surface area contributed by atoms with E-state index in [1.165, 1.54) is 64.2 Å². The maximum Gasteiger partial charge on any atom is 0.0540 e. The number of hydrogen-bond acceptors (Lipinski definition) is 1. The zero-order chi connectivity index (χ0) is 12.8. The number of aliphatic hydroxyl groups is 1. The van der Waals surface area contributed by atoms with E-state index >= 15 is 0 Å². The van der Waals surface area contributed by atoms with Crippen LogP contribution >= 0.6 is 0 Å². The van der Waals surface area contributed by atoms with Crippen LogP contribution in [-0.4, -0.2) is 11.2 Å². The lowest BCUT2D eigenvalue weighted by atomic mass is 9.70. The first-order valence-electron chi connectivity index (χ1n) is 8.47. The predicted octanol–water partition coefficient (Wildman–Crippen LogP) is 4.92. The lowest BCUT2D eigenvalue weighted by molar-refractivity contribution is 0.0763. The van der Waals surface area contributed by atoms with Gasteiger partial charge in [0.05, 0.1) is 6.10 Å². The lowest BCUT2D eigenvalue weighted by Crippen LogP contribution is -2.27. The Balaban J connectivity index is 1.63. The number of rotatable bonds is 5. The third kappa shape index (κ3) is 4.26. The summed E-state index contributed by atoms with van der Waals surface area (Å²) in [6.07, 6.45) is 16.5. The molecule has 1 N–H and O–H groups in total. The SMILES string of the molecule is CCCCCC1CCC(C2CCC(O)CC2)CC1. The summed E-state index contributed by atoms with van der Waals surface area (Å²) in [5, 5.41) is 9.59. The molecule has 0 aromatic rings. The van der Waals surface area contributed by atoms with Crippen LogP contribution in [0.4, 0.5) is 0 Å². The van der Waals surface area contributed by atoms with E-state index in [1.54, 1.807) is 0 Å². The quantitative estimate of drug-likeness (QED) is 0.688. The molecule has 2 rings (SSSR count). The van der Waals surface area contributed by atoms with Gasteiger partial charge in [0.1, 0.15) is 0 Å². The van der Waals surface area contributed by atoms with Crippen molar-refractivity contribution >= 4 is 0 Å². The Bertz CT molecular complexity index is 210. The van der Waals surface area contributed by atoms with Crippen LogP contribution in [0.5, 0.6) is 0 Å². The highest BCUT2D eigenvalue weighted by Gasteiger charge is 2.30. The van der Waals surface area contributed by atoms with Crippen molar-refractivity contribution < 1.29 is 5.11 Å². The molecule has 0 radical (unpaired) electrons. The molecule has 1 nitrogen and oxygen atoms in total. The molecule has 0 atom stereocenters. The average Bonchev–Trinajstić information content (AvgIpc) is 2.41. The summed E-state index contributed by atoms with van der Waals surface area (Å²) in [6, 6.07) is 0. The molecule has 0 aromatic heterocycles. The van der Waals surface area contributed by atoms with E-state index in [1.807, 2.05) is 0 Å². The van der Waals surface area contributed by atoms with Crippen LogP contribution in [0.2, 0.25) is 0 Å². The smallest absolute Gasteiger partial charge is 0.0540 e. The zero-order valence-electron chi connectivity index (χ0n) is 12.2. The fourth-order valence-corrected chi connectivity index (χ4v) is 4.20. The maximum atomic E-state index is 9.59. The van der Waals surface area contributed by atoms with E-state index in [4.69, 9.17) is 0 Å². The van der Waals surface area contributed by atoms with Crippen LogP contribution in [0.15, 0.2) is 0 Å². The molecule has 0 aromatic carbocycles. The van der Waals surface area contributed by atoms with Gasteiger partial charge >= 0.3 is 0 Å². The predicted molar refractivity (Wildman–Crippen MR) is 77.6 cm³/mol. The first kappa shape index (κ1) is 14.4. The molecule has 106 valence electrons. The van der Waals surface area contributed by atoms with Crippen LogP contribution in [-0.2, 0) is 0 Å². The van der Waals surface area contributed by atoms with Gasteiger partial charge in [0.25, 0.3) is 0 Å². The Morgan fingerprint density at radius 2 is 1.33 bits per heavy atom. The van der Waals surface area contributed by atoms with Gasteiger partial charge in [0.2, 0.25) is 0 Å². The topological polar surface area (TPSA) is 20.2 Å². The van der Waals surface area contributed by atoms with Crippen LogP contribution in [0.3, 0.4) is 0 Å². The zero-order valence-corrected chi connectivity index (χ0v) is 12.2. The highest BCUT2D eigenvalue weighted by atomic mass is 16.3. The minimum atomic E-state index is 0.0200. The summed E-state index contributed by atoms with van der Waals surface area (Å²) in [4.78, 5) is 0. The highest BCUT2D eigenvalue weighted by Crippen LogP contribution is 2.41. The first-order chi connectivity index (χ1) is 8.79. The molecule has 0 aliphatic heterocycles. The minimum Gasteiger partial charge on any atom is -0.393 e. The molecule has 1 heteroatoms. The summed E-state index contributed by atoms with van der Waals surface area (Å²) in [6.45, 7) is 2.30. The van der Waals surface area contributed by atoms with Gasteiger partial charge in [-0.25, -0.2) is 0 Å². The monoisotopic (exact) mass is 252 g/mol. The van der Waals surface area contributed by atoms with Crippen LogP contribution in [0, 0.1) is 17.8 Å². The Hall–Kier alpha value is -0.0400. The normalized spacial score (nSPS) is 37.7. The van der Waals surface area contributed by atoms with Crippen molar-refractivity contribution in [3.8, 4) is 0 Å². The van der Waals surface area contributed by atoms with Gasteiger partial charge in [0.15, 0.2) is 0 Å². The molecule has 2 saturated carbocycles. The van der Waals surface area contributed by atoms with E-state index in [-0.39, 0.29) is 6.10 Å². The highest BCUT2D eigenvalue weighted by molar-refractivity contribution is 4.81. The molecule has 0 unspecified atom stereocenters. The lowest BCUT2D eigenvalue weighted by Gasteiger charge is -2.37. The average molecular weight is 252 g/mol. The molecule has 2 aliphatic rings. The van der Waals surface area contributed by atoms with E-state index < -0.39 is 0 Å². The summed E-state index contributed by atoms with van der Waals surface area (Å²) in [5.74, 6) is 2.99. The van der Waals surface area contributed by atoms with Crippen LogP contribution in [0.1, 0.15) is 84.0 Å². The van der Waals surface area contributed by atoms with Crippen LogP contribution in [0.25, 0.3) is 0 Å². The van der Waals surface area contributed by atoms with Crippen molar-refractivity contribution in [1.29, 1.82) is 0 Å². The van der Waals surface area contributed by atoms with E-state index in [9.17, 15) is 5.11 Å². The van der Waals surface area contributed by atoms with Gasteiger partial charge in [-0.2, -0.15) is 0 Å². The summed E-state index contributed by atoms with van der Waals surface area (Å²) >= 11 is 0. The summed E-state index contributed by atoms with van der Waals surface area (Å²) in [7, 11) is 0. The van der Waals surface area contributed by atoms with Gasteiger partial charge in [-0.1, -0.05) is 45.4 Å². The third-order valence-electron chi connectivity index (χ3n) is 5.52. The molecule has 0 heterocycles. The number of aliphatic hydroxyl groups excluding tert-OH is 1. The fraction of sp³-hybridized carbons (Fsp3) is 1.00. The second-order valence-corrected chi connectivity index (χ2v) is 6.85. The number of hydrogen-bond donors (Lipinski definition) is 1. The molecular weight excluding hydrogens is 220 g/mol. The largest absolute Gasteiger partial charge is 0.393 e. The molecule has 0 amide bonds. The van der Waals surface area contributed by atoms with Crippen molar-refractivity contribution in [3.05, 3.63) is 0 Å². The Kier molecular flexibility index (Phi) is 6.01. The second kappa shape index (κ2) is 7.53. The number of unbranched alkanes of at least 4 members (excludes halogenated alkanes) is 2. The fourth-order valence-electron chi connectivity index (χ4n) is 4.20. The Morgan fingerprint density at radius 3 is 1.89 bits per heavy atom. The Morgan fingerprint density at radius 1 is 0.778 bits per heavy atom. The van der Waals surface area contributed by atoms with Crippen molar-refractivity contribution in [2.45, 2.75) is 90.1 Å². The Labute approximate surface area is 113 Å².